The molecular weight excluding hydrogens is 284 g/mol. The van der Waals surface area contributed by atoms with Crippen LogP contribution < -0.4 is 0 Å². The maximum Gasteiger partial charge on any atom is 0.293 e. The number of carbonyl (C=O) groups excluding carboxylic acids is 1. The van der Waals surface area contributed by atoms with Crippen molar-refractivity contribution >= 4 is 6.47 Å². The summed E-state index contributed by atoms with van der Waals surface area (Å²) in [6, 6.07) is 0. The fraction of sp³-hybridized carbons (Fsp3) is 0.952. The third-order valence-electron chi connectivity index (χ3n) is 5.49. The standard InChI is InChI=1S/C11H24.C10H18O2/c1-9(2)11(6,7)8-10(3,4)5;1-10(2,12-8-11)9-6-4-3-5-7-9/h9H,8H2,1-7H3;8-9H,3-7H2,1-2H3. The van der Waals surface area contributed by atoms with Gasteiger partial charge in [0.1, 0.15) is 5.60 Å². The van der Waals surface area contributed by atoms with Crippen LogP contribution in [0, 0.1) is 22.7 Å². The van der Waals surface area contributed by atoms with Crippen molar-refractivity contribution in [3.8, 4) is 0 Å². The highest BCUT2D eigenvalue weighted by Gasteiger charge is 2.31. The van der Waals surface area contributed by atoms with Crippen LogP contribution in [0.3, 0.4) is 0 Å². The van der Waals surface area contributed by atoms with Crippen LogP contribution in [-0.4, -0.2) is 12.1 Å². The second kappa shape index (κ2) is 9.08. The zero-order valence-corrected chi connectivity index (χ0v) is 17.3. The van der Waals surface area contributed by atoms with E-state index in [9.17, 15) is 4.79 Å². The van der Waals surface area contributed by atoms with E-state index in [4.69, 9.17) is 4.74 Å². The Morgan fingerprint density at radius 1 is 0.957 bits per heavy atom. The van der Waals surface area contributed by atoms with E-state index in [-0.39, 0.29) is 5.60 Å². The predicted molar refractivity (Wildman–Crippen MR) is 100 cm³/mol. The molecule has 1 aliphatic rings. The number of hydrogen-bond acceptors (Lipinski definition) is 2. The molecule has 0 heterocycles. The van der Waals surface area contributed by atoms with E-state index in [2.05, 4.69) is 48.5 Å². The second-order valence-electron chi connectivity index (χ2n) is 10.0. The fourth-order valence-corrected chi connectivity index (χ4v) is 3.59. The van der Waals surface area contributed by atoms with Gasteiger partial charge in [-0.2, -0.15) is 0 Å². The minimum absolute atomic E-state index is 0.248. The van der Waals surface area contributed by atoms with Gasteiger partial charge in [0.15, 0.2) is 0 Å². The highest BCUT2D eigenvalue weighted by molar-refractivity contribution is 5.38. The molecule has 0 saturated heterocycles. The molecule has 0 aliphatic heterocycles. The summed E-state index contributed by atoms with van der Waals surface area (Å²) in [5.41, 5.74) is 0.703. The molecule has 0 bridgehead atoms. The minimum Gasteiger partial charge on any atom is -0.462 e. The number of carbonyl (C=O) groups is 1. The Morgan fingerprint density at radius 2 is 1.43 bits per heavy atom. The van der Waals surface area contributed by atoms with Gasteiger partial charge in [-0.1, -0.05) is 67.7 Å². The summed E-state index contributed by atoms with van der Waals surface area (Å²) < 4.78 is 5.09. The van der Waals surface area contributed by atoms with E-state index in [1.54, 1.807) is 0 Å². The summed E-state index contributed by atoms with van der Waals surface area (Å²) in [5.74, 6) is 1.35. The summed E-state index contributed by atoms with van der Waals surface area (Å²) in [4.78, 5) is 10.2. The van der Waals surface area contributed by atoms with Crippen LogP contribution in [0.4, 0.5) is 0 Å². The lowest BCUT2D eigenvalue weighted by Crippen LogP contribution is -2.35. The third-order valence-corrected chi connectivity index (χ3v) is 5.49. The molecule has 2 heteroatoms. The Kier molecular flexibility index (Phi) is 8.87. The Hall–Kier alpha value is -0.530. The van der Waals surface area contributed by atoms with Gasteiger partial charge in [0.05, 0.1) is 0 Å². The highest BCUT2D eigenvalue weighted by Crippen LogP contribution is 2.38. The third kappa shape index (κ3) is 9.37. The average Bonchev–Trinajstić information content (AvgIpc) is 2.37. The van der Waals surface area contributed by atoms with Crippen molar-refractivity contribution in [1.29, 1.82) is 0 Å². The van der Waals surface area contributed by atoms with Gasteiger partial charge < -0.3 is 4.74 Å². The lowest BCUT2D eigenvalue weighted by atomic mass is 9.70. The molecule has 0 amide bonds. The van der Waals surface area contributed by atoms with Crippen LogP contribution >= 0.6 is 0 Å². The fourth-order valence-electron chi connectivity index (χ4n) is 3.59. The molecule has 0 atom stereocenters. The smallest absolute Gasteiger partial charge is 0.293 e. The van der Waals surface area contributed by atoms with Gasteiger partial charge in [0.2, 0.25) is 0 Å². The topological polar surface area (TPSA) is 26.3 Å². The Labute approximate surface area is 145 Å². The van der Waals surface area contributed by atoms with Crippen molar-refractivity contribution in [2.75, 3.05) is 0 Å². The van der Waals surface area contributed by atoms with E-state index < -0.39 is 0 Å². The SMILES string of the molecule is CC(C)(OC=O)C1CCCCC1.CC(C)C(C)(C)CC(C)(C)C. The zero-order chi connectivity index (χ0) is 18.3. The van der Waals surface area contributed by atoms with Gasteiger partial charge in [-0.15, -0.1) is 0 Å². The summed E-state index contributed by atoms with van der Waals surface area (Å²) in [6.07, 6.45) is 7.64. The summed E-state index contributed by atoms with van der Waals surface area (Å²) in [6.45, 7) is 20.9. The Morgan fingerprint density at radius 3 is 1.74 bits per heavy atom. The Bertz CT molecular complexity index is 328. The van der Waals surface area contributed by atoms with Crippen molar-refractivity contribution in [2.45, 2.75) is 106 Å². The highest BCUT2D eigenvalue weighted by atomic mass is 16.5. The molecule has 1 rings (SSSR count). The van der Waals surface area contributed by atoms with Crippen LogP contribution in [0.5, 0.6) is 0 Å². The summed E-state index contributed by atoms with van der Waals surface area (Å²) in [5, 5.41) is 0. The van der Waals surface area contributed by atoms with Crippen LogP contribution in [0.1, 0.15) is 101 Å². The first-order valence-corrected chi connectivity index (χ1v) is 9.43. The lowest BCUT2D eigenvalue weighted by molar-refractivity contribution is -0.146. The van der Waals surface area contributed by atoms with E-state index in [0.29, 0.717) is 23.2 Å². The van der Waals surface area contributed by atoms with Gasteiger partial charge in [-0.3, -0.25) is 4.79 Å². The number of hydrogen-bond donors (Lipinski definition) is 0. The average molecular weight is 327 g/mol. The first kappa shape index (κ1) is 22.5. The van der Waals surface area contributed by atoms with E-state index in [0.717, 1.165) is 5.92 Å². The minimum atomic E-state index is -0.248. The first-order valence-electron chi connectivity index (χ1n) is 9.43. The maximum absolute atomic E-state index is 10.2. The van der Waals surface area contributed by atoms with Gasteiger partial charge in [0.25, 0.3) is 6.47 Å². The van der Waals surface area contributed by atoms with Crippen molar-refractivity contribution in [3.05, 3.63) is 0 Å². The molecule has 138 valence electrons. The normalized spacial score (nSPS) is 17.5. The maximum atomic E-state index is 10.2. The van der Waals surface area contributed by atoms with Crippen LogP contribution in [0.25, 0.3) is 0 Å². The molecule has 1 saturated carbocycles. The molecule has 0 spiro atoms. The van der Waals surface area contributed by atoms with E-state index in [1.807, 2.05) is 13.8 Å². The molecule has 0 aromatic heterocycles. The zero-order valence-electron chi connectivity index (χ0n) is 17.3. The molecule has 2 nitrogen and oxygen atoms in total. The number of rotatable bonds is 5. The summed E-state index contributed by atoms with van der Waals surface area (Å²) >= 11 is 0. The van der Waals surface area contributed by atoms with Crippen LogP contribution in [0.15, 0.2) is 0 Å². The largest absolute Gasteiger partial charge is 0.462 e. The second-order valence-corrected chi connectivity index (χ2v) is 10.0. The molecule has 0 aromatic rings. The van der Waals surface area contributed by atoms with Crippen LogP contribution in [0.2, 0.25) is 0 Å². The van der Waals surface area contributed by atoms with Gasteiger partial charge in [-0.05, 0) is 55.8 Å². The molecule has 23 heavy (non-hydrogen) atoms. The quantitative estimate of drug-likeness (QED) is 0.530. The number of ether oxygens (including phenoxy) is 1. The van der Waals surface area contributed by atoms with E-state index in [1.165, 1.54) is 38.5 Å². The van der Waals surface area contributed by atoms with Crippen molar-refractivity contribution < 1.29 is 9.53 Å². The molecule has 1 fully saturated rings. The molecular formula is C21H42O2. The van der Waals surface area contributed by atoms with Gasteiger partial charge >= 0.3 is 0 Å². The van der Waals surface area contributed by atoms with Crippen molar-refractivity contribution in [1.82, 2.24) is 0 Å². The predicted octanol–water partition coefficient (Wildman–Crippen LogP) is 6.62. The van der Waals surface area contributed by atoms with Crippen molar-refractivity contribution in [2.24, 2.45) is 22.7 Å². The lowest BCUT2D eigenvalue weighted by Gasteiger charge is -2.35. The summed E-state index contributed by atoms with van der Waals surface area (Å²) in [7, 11) is 0. The molecule has 0 aromatic carbocycles. The molecule has 0 radical (unpaired) electrons. The first-order chi connectivity index (χ1) is 10.3. The van der Waals surface area contributed by atoms with Gasteiger partial charge in [-0.25, -0.2) is 0 Å². The van der Waals surface area contributed by atoms with Crippen molar-refractivity contribution in [3.63, 3.8) is 0 Å². The monoisotopic (exact) mass is 326 g/mol. The Balaban J connectivity index is 0.000000423. The molecule has 0 N–H and O–H groups in total. The molecule has 0 unspecified atom stereocenters. The van der Waals surface area contributed by atoms with E-state index >= 15 is 0 Å². The molecule has 1 aliphatic carbocycles. The van der Waals surface area contributed by atoms with Crippen LogP contribution in [-0.2, 0) is 9.53 Å². The van der Waals surface area contributed by atoms with Gasteiger partial charge in [0, 0.05) is 0 Å².